The molecule has 1 unspecified atom stereocenters. The van der Waals surface area contributed by atoms with Gasteiger partial charge in [0.2, 0.25) is 11.1 Å². The van der Waals surface area contributed by atoms with Gasteiger partial charge in [0.1, 0.15) is 6.04 Å². The first-order chi connectivity index (χ1) is 16.4. The molecule has 0 fully saturated rings. The Morgan fingerprint density at radius 2 is 1.82 bits per heavy atom. The molecule has 2 aromatic carbocycles. The fourth-order valence-electron chi connectivity index (χ4n) is 3.89. The van der Waals surface area contributed by atoms with Gasteiger partial charge in [0.05, 0.1) is 5.57 Å². The van der Waals surface area contributed by atoms with E-state index in [-0.39, 0.29) is 11.9 Å². The fraction of sp³-hybridized carbons (Fsp3) is 0.346. The van der Waals surface area contributed by atoms with Crippen molar-refractivity contribution in [1.82, 2.24) is 14.8 Å². The van der Waals surface area contributed by atoms with Crippen molar-refractivity contribution in [2.24, 2.45) is 0 Å². The molecule has 0 spiro atoms. The van der Waals surface area contributed by atoms with Gasteiger partial charge in [0, 0.05) is 36.9 Å². The summed E-state index contributed by atoms with van der Waals surface area (Å²) in [5.74, 6) is 1.47. The van der Waals surface area contributed by atoms with Crippen LogP contribution >= 0.6 is 11.8 Å². The number of nitrogens with one attached hydrogen (secondary N) is 2. The number of nitrogens with zero attached hydrogens (tertiary/aromatic N) is 4. The molecule has 0 saturated heterocycles. The summed E-state index contributed by atoms with van der Waals surface area (Å²) in [6.45, 7) is 6.12. The number of fused-ring (bicyclic) bond motifs is 1. The highest BCUT2D eigenvalue weighted by atomic mass is 32.2. The summed E-state index contributed by atoms with van der Waals surface area (Å²) < 4.78 is 1.84. The van der Waals surface area contributed by atoms with Crippen molar-refractivity contribution in [2.75, 3.05) is 35.4 Å². The first-order valence-electron chi connectivity index (χ1n) is 11.6. The summed E-state index contributed by atoms with van der Waals surface area (Å²) in [5, 5.41) is 11.9. The Labute approximate surface area is 205 Å². The van der Waals surface area contributed by atoms with Crippen molar-refractivity contribution in [3.63, 3.8) is 0 Å². The molecule has 2 heterocycles. The van der Waals surface area contributed by atoms with Crippen LogP contribution in [0.3, 0.4) is 0 Å². The van der Waals surface area contributed by atoms with Gasteiger partial charge >= 0.3 is 0 Å². The van der Waals surface area contributed by atoms with Gasteiger partial charge in [-0.1, -0.05) is 54.9 Å². The second kappa shape index (κ2) is 10.3. The SMILES string of the molecule is CCCCSc1nc2n(n1)C(c1ccc(N(C)C)cc1)C(C(=O)Nc1ccc(C)cc1)=C(C)N2. The largest absolute Gasteiger partial charge is 0.378 e. The Morgan fingerprint density at radius 1 is 1.12 bits per heavy atom. The maximum absolute atomic E-state index is 13.6. The van der Waals surface area contributed by atoms with Crippen molar-refractivity contribution in [3.05, 3.63) is 70.9 Å². The molecule has 1 amide bonds. The maximum Gasteiger partial charge on any atom is 0.255 e. The molecule has 0 saturated carbocycles. The van der Waals surface area contributed by atoms with Crippen LogP contribution in [0.5, 0.6) is 0 Å². The average molecular weight is 477 g/mol. The van der Waals surface area contributed by atoms with Crippen LogP contribution in [-0.4, -0.2) is 40.5 Å². The van der Waals surface area contributed by atoms with Crippen LogP contribution in [0.1, 0.15) is 43.9 Å². The van der Waals surface area contributed by atoms with E-state index in [1.807, 2.05) is 56.9 Å². The Hall–Kier alpha value is -3.26. The number of anilines is 3. The lowest BCUT2D eigenvalue weighted by molar-refractivity contribution is -0.113. The van der Waals surface area contributed by atoms with Gasteiger partial charge < -0.3 is 15.5 Å². The zero-order chi connectivity index (χ0) is 24.2. The first kappa shape index (κ1) is 23.9. The van der Waals surface area contributed by atoms with E-state index in [4.69, 9.17) is 10.1 Å². The Morgan fingerprint density at radius 3 is 2.47 bits per heavy atom. The minimum atomic E-state index is -0.383. The smallest absolute Gasteiger partial charge is 0.255 e. The topological polar surface area (TPSA) is 75.1 Å². The number of unbranched alkanes of at least 4 members (excludes halogenated alkanes) is 1. The Kier molecular flexibility index (Phi) is 7.26. The molecule has 1 aliphatic rings. The lowest BCUT2D eigenvalue weighted by Crippen LogP contribution is -2.31. The standard InChI is InChI=1S/C26H32N6OS/c1-6-7-16-34-26-29-25-27-18(3)22(24(33)28-20-12-8-17(2)9-13-20)23(32(25)30-26)19-10-14-21(15-11-19)31(4)5/h8-15,23H,6-7,16H2,1-5H3,(H,28,33)(H,27,29,30). The normalized spacial score (nSPS) is 15.0. The summed E-state index contributed by atoms with van der Waals surface area (Å²) in [6.07, 6.45) is 2.24. The maximum atomic E-state index is 13.6. The molecule has 0 bridgehead atoms. The van der Waals surface area contributed by atoms with Gasteiger partial charge in [0.15, 0.2) is 0 Å². The molecule has 3 aromatic rings. The highest BCUT2D eigenvalue weighted by molar-refractivity contribution is 7.99. The van der Waals surface area contributed by atoms with E-state index in [0.29, 0.717) is 11.5 Å². The van der Waals surface area contributed by atoms with Gasteiger partial charge in [-0.3, -0.25) is 4.79 Å². The molecule has 34 heavy (non-hydrogen) atoms. The number of aromatic nitrogens is 3. The fourth-order valence-corrected chi connectivity index (χ4v) is 4.81. The van der Waals surface area contributed by atoms with Crippen LogP contribution in [-0.2, 0) is 4.79 Å². The van der Waals surface area contributed by atoms with Gasteiger partial charge in [0.25, 0.3) is 5.91 Å². The minimum Gasteiger partial charge on any atom is -0.378 e. The Bertz CT molecular complexity index is 1180. The highest BCUT2D eigenvalue weighted by Crippen LogP contribution is 2.37. The summed E-state index contributed by atoms with van der Waals surface area (Å²) in [6, 6.07) is 15.7. The predicted molar refractivity (Wildman–Crippen MR) is 141 cm³/mol. The van der Waals surface area contributed by atoms with Crippen molar-refractivity contribution >= 4 is 35.0 Å². The molecule has 7 nitrogen and oxygen atoms in total. The molecule has 1 aromatic heterocycles. The molecule has 2 N–H and O–H groups in total. The summed E-state index contributed by atoms with van der Waals surface area (Å²) in [4.78, 5) is 20.3. The number of hydrogen-bond acceptors (Lipinski definition) is 6. The van der Waals surface area contributed by atoms with Crippen LogP contribution in [0.15, 0.2) is 65.0 Å². The van der Waals surface area contributed by atoms with Crippen LogP contribution < -0.4 is 15.5 Å². The van der Waals surface area contributed by atoms with Crippen LogP contribution in [0, 0.1) is 6.92 Å². The van der Waals surface area contributed by atoms with Gasteiger partial charge in [-0.2, -0.15) is 4.98 Å². The second-order valence-corrected chi connectivity index (χ2v) is 9.80. The van der Waals surface area contributed by atoms with E-state index in [2.05, 4.69) is 46.7 Å². The first-order valence-corrected chi connectivity index (χ1v) is 12.6. The zero-order valence-corrected chi connectivity index (χ0v) is 21.2. The number of benzene rings is 2. The van der Waals surface area contributed by atoms with E-state index in [0.717, 1.165) is 51.9 Å². The number of thioether (sulfide) groups is 1. The number of carbonyl (C=O) groups excluding carboxylic acids is 1. The number of allylic oxidation sites excluding steroid dienone is 1. The lowest BCUT2D eigenvalue weighted by Gasteiger charge is -2.29. The van der Waals surface area contributed by atoms with Crippen molar-refractivity contribution < 1.29 is 4.79 Å². The summed E-state index contributed by atoms with van der Waals surface area (Å²) >= 11 is 1.65. The molecule has 0 aliphatic carbocycles. The molecule has 1 aliphatic heterocycles. The molecular formula is C26H32N6OS. The molecular weight excluding hydrogens is 444 g/mol. The summed E-state index contributed by atoms with van der Waals surface area (Å²) in [5.41, 5.74) is 5.39. The van der Waals surface area contributed by atoms with Gasteiger partial charge in [-0.15, -0.1) is 5.10 Å². The van der Waals surface area contributed by atoms with E-state index < -0.39 is 0 Å². The van der Waals surface area contributed by atoms with Crippen LogP contribution in [0.2, 0.25) is 0 Å². The van der Waals surface area contributed by atoms with Crippen LogP contribution in [0.4, 0.5) is 17.3 Å². The predicted octanol–water partition coefficient (Wildman–Crippen LogP) is 5.47. The number of hydrogen-bond donors (Lipinski definition) is 2. The molecule has 4 rings (SSSR count). The average Bonchev–Trinajstić information content (AvgIpc) is 3.22. The number of rotatable bonds is 8. The monoisotopic (exact) mass is 476 g/mol. The van der Waals surface area contributed by atoms with E-state index in [1.54, 1.807) is 11.8 Å². The number of amides is 1. The molecule has 178 valence electrons. The van der Waals surface area contributed by atoms with E-state index in [9.17, 15) is 4.79 Å². The van der Waals surface area contributed by atoms with Crippen molar-refractivity contribution in [2.45, 2.75) is 44.8 Å². The second-order valence-electron chi connectivity index (χ2n) is 8.74. The Balaban J connectivity index is 1.72. The third kappa shape index (κ3) is 5.12. The van der Waals surface area contributed by atoms with E-state index in [1.165, 1.54) is 0 Å². The van der Waals surface area contributed by atoms with Gasteiger partial charge in [-0.05, 0) is 50.1 Å². The molecule has 0 radical (unpaired) electrons. The van der Waals surface area contributed by atoms with Crippen molar-refractivity contribution in [3.8, 4) is 0 Å². The quantitative estimate of drug-likeness (QED) is 0.332. The minimum absolute atomic E-state index is 0.156. The molecule has 8 heteroatoms. The highest BCUT2D eigenvalue weighted by Gasteiger charge is 2.34. The van der Waals surface area contributed by atoms with E-state index >= 15 is 0 Å². The third-order valence-corrected chi connectivity index (χ3v) is 6.77. The zero-order valence-electron chi connectivity index (χ0n) is 20.4. The van der Waals surface area contributed by atoms with Crippen LogP contribution in [0.25, 0.3) is 0 Å². The van der Waals surface area contributed by atoms with Gasteiger partial charge in [-0.25, -0.2) is 4.68 Å². The summed E-state index contributed by atoms with van der Waals surface area (Å²) in [7, 11) is 4.03. The third-order valence-electron chi connectivity index (χ3n) is 5.84. The number of aryl methyl sites for hydroxylation is 1. The lowest BCUT2D eigenvalue weighted by atomic mass is 9.94. The van der Waals surface area contributed by atoms with Crippen molar-refractivity contribution in [1.29, 1.82) is 0 Å². The number of carbonyl (C=O) groups is 1. The molecule has 1 atom stereocenters.